The molecule has 0 N–H and O–H groups in total. The summed E-state index contributed by atoms with van der Waals surface area (Å²) in [5.74, 6) is 0.577. The van der Waals surface area contributed by atoms with Gasteiger partial charge in [0.2, 0.25) is 5.95 Å². The molecule has 5 heteroatoms. The van der Waals surface area contributed by atoms with Crippen LogP contribution in [0.1, 0.15) is 37.0 Å². The van der Waals surface area contributed by atoms with Gasteiger partial charge in [-0.3, -0.25) is 4.79 Å². The Morgan fingerprint density at radius 2 is 1.57 bits per heavy atom. The Kier molecular flexibility index (Phi) is 6.09. The highest BCUT2D eigenvalue weighted by molar-refractivity contribution is 6.05. The minimum Gasteiger partial charge on any atom is -0.341 e. The fourth-order valence-corrected chi connectivity index (χ4v) is 2.41. The Morgan fingerprint density at radius 3 is 2.09 bits per heavy atom. The SMILES string of the molecule is CCCN(CCC)c1ncc(C(=O)N(C)c2ccccc2)cn1. The monoisotopic (exact) mass is 312 g/mol. The molecule has 2 aromatic rings. The molecular formula is C18H24N4O. The fraction of sp³-hybridized carbons (Fsp3) is 0.389. The van der Waals surface area contributed by atoms with E-state index in [4.69, 9.17) is 0 Å². The number of carbonyl (C=O) groups is 1. The highest BCUT2D eigenvalue weighted by Gasteiger charge is 2.15. The van der Waals surface area contributed by atoms with E-state index in [9.17, 15) is 4.79 Å². The number of aromatic nitrogens is 2. The predicted molar refractivity (Wildman–Crippen MR) is 94.0 cm³/mol. The molecule has 0 saturated carbocycles. The van der Waals surface area contributed by atoms with Crippen LogP contribution in [-0.4, -0.2) is 36.0 Å². The summed E-state index contributed by atoms with van der Waals surface area (Å²) < 4.78 is 0. The van der Waals surface area contributed by atoms with Crippen molar-refractivity contribution in [2.75, 3.05) is 29.9 Å². The zero-order valence-electron chi connectivity index (χ0n) is 14.1. The molecule has 5 nitrogen and oxygen atoms in total. The van der Waals surface area contributed by atoms with Crippen LogP contribution in [0.15, 0.2) is 42.7 Å². The highest BCUT2D eigenvalue weighted by Crippen LogP contribution is 2.15. The number of nitrogens with zero attached hydrogens (tertiary/aromatic N) is 4. The first-order valence-corrected chi connectivity index (χ1v) is 8.07. The fourth-order valence-electron chi connectivity index (χ4n) is 2.41. The molecule has 0 saturated heterocycles. The number of hydrogen-bond donors (Lipinski definition) is 0. The Labute approximate surface area is 138 Å². The van der Waals surface area contributed by atoms with Gasteiger partial charge in [0.25, 0.3) is 5.91 Å². The molecule has 0 unspecified atom stereocenters. The van der Waals surface area contributed by atoms with Crippen LogP contribution in [0.4, 0.5) is 11.6 Å². The molecule has 2 rings (SSSR count). The number of benzene rings is 1. The van der Waals surface area contributed by atoms with Crippen molar-refractivity contribution in [3.63, 3.8) is 0 Å². The van der Waals surface area contributed by atoms with E-state index in [2.05, 4.69) is 28.7 Å². The first-order chi connectivity index (χ1) is 11.2. The van der Waals surface area contributed by atoms with Crippen molar-refractivity contribution in [3.8, 4) is 0 Å². The van der Waals surface area contributed by atoms with E-state index in [0.29, 0.717) is 11.5 Å². The van der Waals surface area contributed by atoms with Gasteiger partial charge >= 0.3 is 0 Å². The smallest absolute Gasteiger partial charge is 0.261 e. The first kappa shape index (κ1) is 16.9. The Balaban J connectivity index is 2.13. The van der Waals surface area contributed by atoms with Crippen LogP contribution < -0.4 is 9.80 Å². The van der Waals surface area contributed by atoms with Gasteiger partial charge in [-0.05, 0) is 25.0 Å². The summed E-state index contributed by atoms with van der Waals surface area (Å²) in [7, 11) is 1.76. The summed E-state index contributed by atoms with van der Waals surface area (Å²) in [6, 6.07) is 9.54. The van der Waals surface area contributed by atoms with Crippen LogP contribution in [0.25, 0.3) is 0 Å². The third-order valence-corrected chi connectivity index (χ3v) is 3.60. The summed E-state index contributed by atoms with van der Waals surface area (Å²) in [4.78, 5) is 25.0. The van der Waals surface area contributed by atoms with Crippen molar-refractivity contribution in [2.45, 2.75) is 26.7 Å². The van der Waals surface area contributed by atoms with Gasteiger partial charge in [-0.25, -0.2) is 9.97 Å². The minimum absolute atomic E-state index is 0.111. The molecule has 0 aliphatic rings. The van der Waals surface area contributed by atoms with E-state index >= 15 is 0 Å². The highest BCUT2D eigenvalue weighted by atomic mass is 16.2. The van der Waals surface area contributed by atoms with Gasteiger partial charge in [-0.2, -0.15) is 0 Å². The van der Waals surface area contributed by atoms with Crippen LogP contribution in [0.5, 0.6) is 0 Å². The number of para-hydroxylation sites is 1. The quantitative estimate of drug-likeness (QED) is 0.786. The second-order valence-electron chi connectivity index (χ2n) is 5.46. The molecule has 0 bridgehead atoms. The van der Waals surface area contributed by atoms with Crippen LogP contribution in [0.2, 0.25) is 0 Å². The van der Waals surface area contributed by atoms with Gasteiger partial charge in [0.1, 0.15) is 0 Å². The number of anilines is 2. The van der Waals surface area contributed by atoms with Crippen LogP contribution >= 0.6 is 0 Å². The van der Waals surface area contributed by atoms with E-state index in [0.717, 1.165) is 31.6 Å². The van der Waals surface area contributed by atoms with Crippen LogP contribution in [0, 0.1) is 0 Å². The molecule has 1 aromatic heterocycles. The van der Waals surface area contributed by atoms with Crippen molar-refractivity contribution >= 4 is 17.5 Å². The summed E-state index contributed by atoms with van der Waals surface area (Å²) in [5.41, 5.74) is 1.34. The number of rotatable bonds is 7. The van der Waals surface area contributed by atoms with Crippen LogP contribution in [-0.2, 0) is 0 Å². The first-order valence-electron chi connectivity index (χ1n) is 8.07. The van der Waals surface area contributed by atoms with Crippen molar-refractivity contribution in [1.29, 1.82) is 0 Å². The Morgan fingerprint density at radius 1 is 1.00 bits per heavy atom. The zero-order valence-corrected chi connectivity index (χ0v) is 14.1. The second-order valence-corrected chi connectivity index (χ2v) is 5.46. The summed E-state index contributed by atoms with van der Waals surface area (Å²) in [6.45, 7) is 6.11. The number of hydrogen-bond acceptors (Lipinski definition) is 4. The lowest BCUT2D eigenvalue weighted by Crippen LogP contribution is -2.28. The molecular weight excluding hydrogens is 288 g/mol. The van der Waals surface area contributed by atoms with Gasteiger partial charge in [0.05, 0.1) is 5.56 Å². The lowest BCUT2D eigenvalue weighted by Gasteiger charge is -2.21. The molecule has 0 radical (unpaired) electrons. The Bertz CT molecular complexity index is 607. The molecule has 0 fully saturated rings. The van der Waals surface area contributed by atoms with Crippen molar-refractivity contribution in [1.82, 2.24) is 9.97 Å². The third kappa shape index (κ3) is 4.28. The second kappa shape index (κ2) is 8.27. The molecule has 0 spiro atoms. The lowest BCUT2D eigenvalue weighted by atomic mass is 10.2. The molecule has 1 heterocycles. The molecule has 23 heavy (non-hydrogen) atoms. The van der Waals surface area contributed by atoms with E-state index in [1.165, 1.54) is 0 Å². The van der Waals surface area contributed by atoms with Crippen molar-refractivity contribution in [3.05, 3.63) is 48.3 Å². The average Bonchev–Trinajstić information content (AvgIpc) is 2.61. The summed E-state index contributed by atoms with van der Waals surface area (Å²) in [5, 5.41) is 0. The summed E-state index contributed by atoms with van der Waals surface area (Å²) >= 11 is 0. The molecule has 0 atom stereocenters. The van der Waals surface area contributed by atoms with Crippen molar-refractivity contribution in [2.24, 2.45) is 0 Å². The number of carbonyl (C=O) groups excluding carboxylic acids is 1. The standard InChI is InChI=1S/C18H24N4O/c1-4-11-22(12-5-2)18-19-13-15(14-20-18)17(23)21(3)16-9-7-6-8-10-16/h6-10,13-14H,4-5,11-12H2,1-3H3. The lowest BCUT2D eigenvalue weighted by molar-refractivity contribution is 0.0992. The van der Waals surface area contributed by atoms with Gasteiger partial charge in [0.15, 0.2) is 0 Å². The third-order valence-electron chi connectivity index (χ3n) is 3.60. The molecule has 1 amide bonds. The largest absolute Gasteiger partial charge is 0.341 e. The van der Waals surface area contributed by atoms with Crippen LogP contribution in [0.3, 0.4) is 0 Å². The van der Waals surface area contributed by atoms with E-state index in [1.54, 1.807) is 24.3 Å². The van der Waals surface area contributed by atoms with Gasteiger partial charge in [-0.1, -0.05) is 32.0 Å². The van der Waals surface area contributed by atoms with E-state index < -0.39 is 0 Å². The minimum atomic E-state index is -0.111. The summed E-state index contributed by atoms with van der Waals surface area (Å²) in [6.07, 6.45) is 5.31. The maximum Gasteiger partial charge on any atom is 0.261 e. The van der Waals surface area contributed by atoms with Crippen molar-refractivity contribution < 1.29 is 4.79 Å². The molecule has 0 aliphatic heterocycles. The van der Waals surface area contributed by atoms with Gasteiger partial charge in [0, 0.05) is 38.2 Å². The predicted octanol–water partition coefficient (Wildman–Crippen LogP) is 3.38. The molecule has 0 aliphatic carbocycles. The van der Waals surface area contributed by atoms with Gasteiger partial charge in [-0.15, -0.1) is 0 Å². The average molecular weight is 312 g/mol. The topological polar surface area (TPSA) is 49.3 Å². The van der Waals surface area contributed by atoms with E-state index in [1.807, 2.05) is 30.3 Å². The van der Waals surface area contributed by atoms with E-state index in [-0.39, 0.29) is 5.91 Å². The maximum atomic E-state index is 12.5. The normalized spacial score (nSPS) is 10.4. The Hall–Kier alpha value is -2.43. The molecule has 1 aromatic carbocycles. The zero-order chi connectivity index (χ0) is 16.7. The maximum absolute atomic E-state index is 12.5. The van der Waals surface area contributed by atoms with Gasteiger partial charge < -0.3 is 9.80 Å². The number of amides is 1. The molecule has 122 valence electrons.